The molecular formula is C14H21N3OS. The van der Waals surface area contributed by atoms with E-state index >= 15 is 0 Å². The van der Waals surface area contributed by atoms with E-state index in [4.69, 9.17) is 15.7 Å². The van der Waals surface area contributed by atoms with E-state index in [1.807, 2.05) is 0 Å². The van der Waals surface area contributed by atoms with Gasteiger partial charge in [-0.1, -0.05) is 6.92 Å². The summed E-state index contributed by atoms with van der Waals surface area (Å²) in [7, 11) is 0. The molecule has 3 atom stereocenters. The zero-order valence-corrected chi connectivity index (χ0v) is 12.3. The van der Waals surface area contributed by atoms with Gasteiger partial charge >= 0.3 is 0 Å². The van der Waals surface area contributed by atoms with Crippen LogP contribution in [0.4, 0.5) is 0 Å². The molecule has 0 aromatic carbocycles. The first-order chi connectivity index (χ1) is 9.17. The van der Waals surface area contributed by atoms with E-state index in [-0.39, 0.29) is 18.2 Å². The van der Waals surface area contributed by atoms with Crippen LogP contribution in [-0.4, -0.2) is 36.7 Å². The molecule has 0 radical (unpaired) electrons. The van der Waals surface area contributed by atoms with Gasteiger partial charge in [-0.3, -0.25) is 4.90 Å². The van der Waals surface area contributed by atoms with Gasteiger partial charge < -0.3 is 10.5 Å². The minimum atomic E-state index is -0.333. The molecule has 1 aromatic heterocycles. The van der Waals surface area contributed by atoms with E-state index in [1.54, 1.807) is 11.3 Å². The Morgan fingerprint density at radius 2 is 2.47 bits per heavy atom. The first-order valence-corrected chi connectivity index (χ1v) is 7.60. The van der Waals surface area contributed by atoms with Crippen LogP contribution in [0.25, 0.3) is 0 Å². The summed E-state index contributed by atoms with van der Waals surface area (Å²) in [6.07, 6.45) is 0.594. The number of hydrogen-bond donors (Lipinski definition) is 1. The minimum absolute atomic E-state index is 0.0924. The van der Waals surface area contributed by atoms with E-state index < -0.39 is 0 Å². The van der Waals surface area contributed by atoms with Crippen LogP contribution in [0.3, 0.4) is 0 Å². The van der Waals surface area contributed by atoms with E-state index in [0.29, 0.717) is 13.2 Å². The van der Waals surface area contributed by atoms with Crippen molar-refractivity contribution in [3.63, 3.8) is 0 Å². The van der Waals surface area contributed by atoms with Gasteiger partial charge in [0.05, 0.1) is 18.7 Å². The van der Waals surface area contributed by atoms with Crippen molar-refractivity contribution in [3.05, 3.63) is 21.9 Å². The zero-order valence-electron chi connectivity index (χ0n) is 11.5. The Bertz CT molecular complexity index is 454. The average Bonchev–Trinajstić information content (AvgIpc) is 2.85. The van der Waals surface area contributed by atoms with Gasteiger partial charge in [0.1, 0.15) is 0 Å². The first kappa shape index (κ1) is 14.5. The number of aryl methyl sites for hydroxylation is 1. The Morgan fingerprint density at radius 1 is 1.68 bits per heavy atom. The number of rotatable bonds is 4. The van der Waals surface area contributed by atoms with Crippen LogP contribution in [-0.2, 0) is 4.74 Å². The van der Waals surface area contributed by atoms with Gasteiger partial charge in [0.2, 0.25) is 0 Å². The molecule has 2 N–H and O–H groups in total. The lowest BCUT2D eigenvalue weighted by molar-refractivity contribution is -0.0217. The normalized spacial score (nSPS) is 23.8. The molecule has 1 fully saturated rings. The molecule has 0 saturated carbocycles. The number of thiophene rings is 1. The van der Waals surface area contributed by atoms with E-state index in [2.05, 4.69) is 36.3 Å². The van der Waals surface area contributed by atoms with E-state index in [0.717, 1.165) is 13.0 Å². The predicted molar refractivity (Wildman–Crippen MR) is 77.0 cm³/mol. The minimum Gasteiger partial charge on any atom is -0.361 e. The Labute approximate surface area is 118 Å². The second kappa shape index (κ2) is 6.49. The van der Waals surface area contributed by atoms with Gasteiger partial charge in [-0.2, -0.15) is 5.26 Å². The molecular weight excluding hydrogens is 258 g/mol. The van der Waals surface area contributed by atoms with Crippen molar-refractivity contribution in [3.8, 4) is 6.07 Å². The number of nitrogens with two attached hydrogens (primary N) is 1. The summed E-state index contributed by atoms with van der Waals surface area (Å²) in [5.41, 5.74) is 7.63. The Balaban J connectivity index is 2.23. The molecule has 4 nitrogen and oxygen atoms in total. The van der Waals surface area contributed by atoms with Crippen LogP contribution in [0.15, 0.2) is 11.4 Å². The summed E-state index contributed by atoms with van der Waals surface area (Å²) in [4.78, 5) is 3.64. The fourth-order valence-electron chi connectivity index (χ4n) is 2.54. The summed E-state index contributed by atoms with van der Waals surface area (Å²) in [5.74, 6) is 0. The summed E-state index contributed by atoms with van der Waals surface area (Å²) < 4.78 is 5.43. The summed E-state index contributed by atoms with van der Waals surface area (Å²) >= 11 is 1.76. The Morgan fingerprint density at radius 3 is 3.05 bits per heavy atom. The highest BCUT2D eigenvalue weighted by molar-refractivity contribution is 7.10. The topological polar surface area (TPSA) is 62.3 Å². The lowest BCUT2D eigenvalue weighted by Crippen LogP contribution is -2.48. The molecule has 0 amide bonds. The SMILES string of the molecule is CCC(N)C(c1sccc1C)N1CCOC(C#N)C1. The predicted octanol–water partition coefficient (Wildman–Crippen LogP) is 2.06. The van der Waals surface area contributed by atoms with Crippen molar-refractivity contribution in [1.82, 2.24) is 4.90 Å². The maximum Gasteiger partial charge on any atom is 0.156 e. The van der Waals surface area contributed by atoms with Crippen molar-refractivity contribution in [2.24, 2.45) is 5.73 Å². The Hall–Kier alpha value is -0.930. The number of nitriles is 1. The standard InChI is InChI=1S/C14H21N3OS/c1-3-12(16)13(14-10(2)4-7-19-14)17-5-6-18-11(8-15)9-17/h4,7,11-13H,3,5-6,9,16H2,1-2H3. The largest absolute Gasteiger partial charge is 0.361 e. The highest BCUT2D eigenvalue weighted by Crippen LogP contribution is 2.32. The highest BCUT2D eigenvalue weighted by atomic mass is 32.1. The second-order valence-corrected chi connectivity index (χ2v) is 5.92. The molecule has 1 aromatic rings. The third-order valence-electron chi connectivity index (χ3n) is 3.68. The first-order valence-electron chi connectivity index (χ1n) is 6.72. The maximum atomic E-state index is 9.04. The molecule has 2 rings (SSSR count). The van der Waals surface area contributed by atoms with Crippen LogP contribution >= 0.6 is 11.3 Å². The number of hydrogen-bond acceptors (Lipinski definition) is 5. The highest BCUT2D eigenvalue weighted by Gasteiger charge is 2.32. The molecule has 0 aliphatic carbocycles. The summed E-state index contributed by atoms with van der Waals surface area (Å²) in [6.45, 7) is 6.34. The molecule has 0 spiro atoms. The fraction of sp³-hybridized carbons (Fsp3) is 0.643. The van der Waals surface area contributed by atoms with Crippen LogP contribution in [0.2, 0.25) is 0 Å². The van der Waals surface area contributed by atoms with Crippen LogP contribution in [0.5, 0.6) is 0 Å². The van der Waals surface area contributed by atoms with Crippen LogP contribution in [0, 0.1) is 18.3 Å². The van der Waals surface area contributed by atoms with Gasteiger partial charge in [-0.15, -0.1) is 11.3 Å². The van der Waals surface area contributed by atoms with Crippen molar-refractivity contribution >= 4 is 11.3 Å². The molecule has 2 heterocycles. The number of nitrogens with zero attached hydrogens (tertiary/aromatic N) is 2. The van der Waals surface area contributed by atoms with Gasteiger partial charge in [-0.05, 0) is 30.4 Å². The second-order valence-electron chi connectivity index (χ2n) is 4.97. The molecule has 1 aliphatic rings. The number of ether oxygens (including phenoxy) is 1. The molecule has 3 unspecified atom stereocenters. The lowest BCUT2D eigenvalue weighted by atomic mass is 9.99. The lowest BCUT2D eigenvalue weighted by Gasteiger charge is -2.38. The van der Waals surface area contributed by atoms with Gasteiger partial charge in [0.25, 0.3) is 0 Å². The average molecular weight is 279 g/mol. The molecule has 1 saturated heterocycles. The molecule has 19 heavy (non-hydrogen) atoms. The summed E-state index contributed by atoms with van der Waals surface area (Å²) in [5, 5.41) is 11.2. The smallest absolute Gasteiger partial charge is 0.156 e. The third-order valence-corrected chi connectivity index (χ3v) is 4.77. The molecule has 0 bridgehead atoms. The third kappa shape index (κ3) is 3.15. The van der Waals surface area contributed by atoms with Crippen LogP contribution < -0.4 is 5.73 Å². The zero-order chi connectivity index (χ0) is 13.8. The van der Waals surface area contributed by atoms with Crippen LogP contribution in [0.1, 0.15) is 29.8 Å². The summed E-state index contributed by atoms with van der Waals surface area (Å²) in [6, 6.07) is 4.63. The molecule has 104 valence electrons. The quantitative estimate of drug-likeness (QED) is 0.916. The monoisotopic (exact) mass is 279 g/mol. The Kier molecular flexibility index (Phi) is 4.94. The molecule has 5 heteroatoms. The van der Waals surface area contributed by atoms with Crippen molar-refractivity contribution in [2.45, 2.75) is 38.5 Å². The number of morpholine rings is 1. The van der Waals surface area contributed by atoms with Gasteiger partial charge in [0, 0.05) is 24.0 Å². The maximum absolute atomic E-state index is 9.04. The van der Waals surface area contributed by atoms with E-state index in [9.17, 15) is 0 Å². The molecule has 1 aliphatic heterocycles. The van der Waals surface area contributed by atoms with Gasteiger partial charge in [-0.25, -0.2) is 0 Å². The van der Waals surface area contributed by atoms with Crippen molar-refractivity contribution in [1.29, 1.82) is 5.26 Å². The fourth-order valence-corrected chi connectivity index (χ4v) is 3.68. The van der Waals surface area contributed by atoms with E-state index in [1.165, 1.54) is 10.4 Å². The van der Waals surface area contributed by atoms with Crippen molar-refractivity contribution < 1.29 is 4.74 Å². The van der Waals surface area contributed by atoms with Crippen molar-refractivity contribution in [2.75, 3.05) is 19.7 Å². The van der Waals surface area contributed by atoms with Gasteiger partial charge in [0.15, 0.2) is 6.10 Å².